The fourth-order valence-electron chi connectivity index (χ4n) is 1.99. The van der Waals surface area contributed by atoms with Gasteiger partial charge in [-0.3, -0.25) is 0 Å². The molecule has 18 heavy (non-hydrogen) atoms. The van der Waals surface area contributed by atoms with Gasteiger partial charge in [-0.2, -0.15) is 0 Å². The van der Waals surface area contributed by atoms with Crippen LogP contribution in [0.2, 0.25) is 5.02 Å². The lowest BCUT2D eigenvalue weighted by molar-refractivity contribution is 0.628. The van der Waals surface area contributed by atoms with Crippen molar-refractivity contribution >= 4 is 23.2 Å². The molecule has 1 aliphatic carbocycles. The van der Waals surface area contributed by atoms with Crippen molar-refractivity contribution in [1.82, 2.24) is 14.8 Å². The van der Waals surface area contributed by atoms with Crippen molar-refractivity contribution in [2.24, 2.45) is 0 Å². The van der Waals surface area contributed by atoms with E-state index in [0.717, 1.165) is 12.8 Å². The molecule has 0 bridgehead atoms. The molecule has 1 fully saturated rings. The maximum atomic E-state index is 13.5. The molecule has 3 rings (SSSR count). The SMILES string of the molecule is Fc1cccc(-c2nnc(CCl)n2C2CC2)c1Cl. The van der Waals surface area contributed by atoms with Gasteiger partial charge in [-0.05, 0) is 25.0 Å². The lowest BCUT2D eigenvalue weighted by atomic mass is 10.2. The lowest BCUT2D eigenvalue weighted by Gasteiger charge is -2.09. The summed E-state index contributed by atoms with van der Waals surface area (Å²) in [5.41, 5.74) is 0.562. The van der Waals surface area contributed by atoms with E-state index in [2.05, 4.69) is 10.2 Å². The molecule has 1 heterocycles. The molecule has 2 aromatic rings. The molecule has 94 valence electrons. The summed E-state index contributed by atoms with van der Waals surface area (Å²) in [5.74, 6) is 1.13. The zero-order chi connectivity index (χ0) is 12.7. The molecule has 0 spiro atoms. The quantitative estimate of drug-likeness (QED) is 0.803. The first-order chi connectivity index (χ1) is 8.72. The highest BCUT2D eigenvalue weighted by molar-refractivity contribution is 6.33. The first-order valence-corrected chi connectivity index (χ1v) is 6.57. The number of benzene rings is 1. The van der Waals surface area contributed by atoms with Gasteiger partial charge in [0.1, 0.15) is 11.6 Å². The smallest absolute Gasteiger partial charge is 0.165 e. The average Bonchev–Trinajstić information content (AvgIpc) is 3.12. The van der Waals surface area contributed by atoms with Gasteiger partial charge in [0.15, 0.2) is 5.82 Å². The Balaban J connectivity index is 2.17. The summed E-state index contributed by atoms with van der Waals surface area (Å²) in [7, 11) is 0. The van der Waals surface area contributed by atoms with E-state index in [1.54, 1.807) is 12.1 Å². The molecule has 0 saturated heterocycles. The largest absolute Gasteiger partial charge is 0.307 e. The van der Waals surface area contributed by atoms with Gasteiger partial charge >= 0.3 is 0 Å². The predicted molar refractivity (Wildman–Crippen MR) is 68.3 cm³/mol. The van der Waals surface area contributed by atoms with Crippen LogP contribution in [0, 0.1) is 5.82 Å². The van der Waals surface area contributed by atoms with Crippen LogP contribution in [0.25, 0.3) is 11.4 Å². The Morgan fingerprint density at radius 1 is 1.33 bits per heavy atom. The van der Waals surface area contributed by atoms with Crippen LogP contribution in [-0.4, -0.2) is 14.8 Å². The summed E-state index contributed by atoms with van der Waals surface area (Å²) in [6, 6.07) is 5.05. The van der Waals surface area contributed by atoms with Gasteiger partial charge in [0, 0.05) is 11.6 Å². The molecule has 3 nitrogen and oxygen atoms in total. The summed E-state index contributed by atoms with van der Waals surface area (Å²) in [5, 5.41) is 8.22. The second kappa shape index (κ2) is 4.52. The van der Waals surface area contributed by atoms with Crippen LogP contribution in [0.4, 0.5) is 4.39 Å². The van der Waals surface area contributed by atoms with Crippen molar-refractivity contribution in [3.05, 3.63) is 34.9 Å². The highest BCUT2D eigenvalue weighted by Gasteiger charge is 2.30. The van der Waals surface area contributed by atoms with Crippen LogP contribution in [0.5, 0.6) is 0 Å². The molecule has 0 unspecified atom stereocenters. The molecule has 0 N–H and O–H groups in total. The summed E-state index contributed by atoms with van der Waals surface area (Å²) in [6.45, 7) is 0. The zero-order valence-corrected chi connectivity index (χ0v) is 10.9. The Morgan fingerprint density at radius 2 is 2.11 bits per heavy atom. The third-order valence-corrected chi connectivity index (χ3v) is 3.61. The highest BCUT2D eigenvalue weighted by atomic mass is 35.5. The Hall–Kier alpha value is -1.13. The fraction of sp³-hybridized carbons (Fsp3) is 0.333. The molecule has 1 aliphatic rings. The van der Waals surface area contributed by atoms with E-state index in [1.165, 1.54) is 6.07 Å². The van der Waals surface area contributed by atoms with Gasteiger partial charge < -0.3 is 4.57 Å². The van der Waals surface area contributed by atoms with Crippen molar-refractivity contribution in [2.75, 3.05) is 0 Å². The van der Waals surface area contributed by atoms with E-state index in [0.29, 0.717) is 23.3 Å². The first kappa shape index (κ1) is 11.9. The third-order valence-electron chi connectivity index (χ3n) is 2.99. The van der Waals surface area contributed by atoms with Crippen molar-refractivity contribution in [2.45, 2.75) is 24.8 Å². The van der Waals surface area contributed by atoms with Crippen molar-refractivity contribution in [1.29, 1.82) is 0 Å². The van der Waals surface area contributed by atoms with Crippen molar-refractivity contribution in [3.8, 4) is 11.4 Å². The number of alkyl halides is 1. The topological polar surface area (TPSA) is 30.7 Å². The van der Waals surface area contributed by atoms with Gasteiger partial charge in [0.05, 0.1) is 10.9 Å². The number of hydrogen-bond acceptors (Lipinski definition) is 2. The summed E-state index contributed by atoms with van der Waals surface area (Å²) >= 11 is 11.8. The minimum Gasteiger partial charge on any atom is -0.307 e. The predicted octanol–water partition coefficient (Wildman–Crippen LogP) is 3.81. The van der Waals surface area contributed by atoms with Gasteiger partial charge in [-0.15, -0.1) is 21.8 Å². The van der Waals surface area contributed by atoms with E-state index in [1.807, 2.05) is 4.57 Å². The second-order valence-electron chi connectivity index (χ2n) is 4.28. The van der Waals surface area contributed by atoms with Crippen LogP contribution in [0.1, 0.15) is 24.7 Å². The number of rotatable bonds is 3. The first-order valence-electron chi connectivity index (χ1n) is 5.66. The lowest BCUT2D eigenvalue weighted by Crippen LogP contribution is -2.02. The van der Waals surface area contributed by atoms with Gasteiger partial charge in [0.2, 0.25) is 0 Å². The van der Waals surface area contributed by atoms with Crippen LogP contribution in [-0.2, 0) is 5.88 Å². The van der Waals surface area contributed by atoms with Crippen LogP contribution >= 0.6 is 23.2 Å². The third kappa shape index (κ3) is 1.89. The Bertz CT molecular complexity index is 593. The Morgan fingerprint density at radius 3 is 2.78 bits per heavy atom. The fourth-order valence-corrected chi connectivity index (χ4v) is 2.38. The molecular formula is C12H10Cl2FN3. The maximum absolute atomic E-state index is 13.5. The number of halogens is 3. The number of aromatic nitrogens is 3. The van der Waals surface area contributed by atoms with Gasteiger partial charge in [-0.1, -0.05) is 17.7 Å². The molecule has 0 atom stereocenters. The highest BCUT2D eigenvalue weighted by Crippen LogP contribution is 2.40. The van der Waals surface area contributed by atoms with E-state index >= 15 is 0 Å². The zero-order valence-electron chi connectivity index (χ0n) is 9.41. The Labute approximate surface area is 114 Å². The number of hydrogen-bond donors (Lipinski definition) is 0. The van der Waals surface area contributed by atoms with E-state index < -0.39 is 5.82 Å². The maximum Gasteiger partial charge on any atom is 0.165 e. The van der Waals surface area contributed by atoms with Crippen LogP contribution < -0.4 is 0 Å². The van der Waals surface area contributed by atoms with Crippen molar-refractivity contribution < 1.29 is 4.39 Å². The van der Waals surface area contributed by atoms with Crippen molar-refractivity contribution in [3.63, 3.8) is 0 Å². The molecular weight excluding hydrogens is 276 g/mol. The normalized spacial score (nSPS) is 15.1. The molecule has 1 saturated carbocycles. The standard InChI is InChI=1S/C12H10Cl2FN3/c13-6-10-16-17-12(18(10)7-4-5-7)8-2-1-3-9(15)11(8)14/h1-3,7H,4-6H2. The minimum atomic E-state index is -0.452. The molecule has 0 radical (unpaired) electrons. The number of nitrogens with zero attached hydrogens (tertiary/aromatic N) is 3. The van der Waals surface area contributed by atoms with Crippen LogP contribution in [0.3, 0.4) is 0 Å². The second-order valence-corrected chi connectivity index (χ2v) is 4.92. The molecule has 1 aromatic heterocycles. The molecule has 6 heteroatoms. The summed E-state index contributed by atoms with van der Waals surface area (Å²) < 4.78 is 15.5. The Kier molecular flexibility index (Phi) is 2.99. The average molecular weight is 286 g/mol. The van der Waals surface area contributed by atoms with Gasteiger partial charge in [0.25, 0.3) is 0 Å². The minimum absolute atomic E-state index is 0.0768. The molecule has 0 amide bonds. The molecule has 1 aromatic carbocycles. The van der Waals surface area contributed by atoms with Gasteiger partial charge in [-0.25, -0.2) is 4.39 Å². The molecule has 0 aliphatic heterocycles. The monoisotopic (exact) mass is 285 g/mol. The van der Waals surface area contributed by atoms with E-state index in [-0.39, 0.29) is 10.9 Å². The van der Waals surface area contributed by atoms with E-state index in [4.69, 9.17) is 23.2 Å². The summed E-state index contributed by atoms with van der Waals surface area (Å²) in [4.78, 5) is 0. The van der Waals surface area contributed by atoms with E-state index in [9.17, 15) is 4.39 Å². The van der Waals surface area contributed by atoms with Crippen LogP contribution in [0.15, 0.2) is 18.2 Å². The summed E-state index contributed by atoms with van der Waals surface area (Å²) in [6.07, 6.45) is 2.14.